The highest BCUT2D eigenvalue weighted by atomic mass is 16.4. The fourth-order valence-electron chi connectivity index (χ4n) is 2.03. The van der Waals surface area contributed by atoms with E-state index >= 15 is 0 Å². The first-order valence-electron chi connectivity index (χ1n) is 6.50. The Labute approximate surface area is 122 Å². The number of benzene rings is 2. The molecule has 0 saturated heterocycles. The van der Waals surface area contributed by atoms with Gasteiger partial charge in [-0.05, 0) is 36.7 Å². The molecule has 0 spiro atoms. The van der Waals surface area contributed by atoms with Gasteiger partial charge in [-0.2, -0.15) is 0 Å². The standard InChI is InChI=1S/C15H13BN2O3/c1-10-3-2-4-12(9-10)15-18-17-14(21-15)11-5-7-13(8-6-11)16(19)20/h2-9,19-20H,1H3. The highest BCUT2D eigenvalue weighted by molar-refractivity contribution is 6.58. The lowest BCUT2D eigenvalue weighted by molar-refractivity contribution is 0.426. The number of hydrogen-bond acceptors (Lipinski definition) is 5. The third-order valence-electron chi connectivity index (χ3n) is 3.15. The molecule has 1 aromatic heterocycles. The maximum atomic E-state index is 9.07. The van der Waals surface area contributed by atoms with E-state index in [1.165, 1.54) is 0 Å². The van der Waals surface area contributed by atoms with E-state index in [9.17, 15) is 0 Å². The molecule has 0 bridgehead atoms. The first-order valence-corrected chi connectivity index (χ1v) is 6.50. The van der Waals surface area contributed by atoms with E-state index in [4.69, 9.17) is 14.5 Å². The number of aromatic nitrogens is 2. The van der Waals surface area contributed by atoms with Crippen LogP contribution in [0.1, 0.15) is 5.56 Å². The molecule has 2 N–H and O–H groups in total. The molecule has 5 nitrogen and oxygen atoms in total. The molecule has 0 fully saturated rings. The highest BCUT2D eigenvalue weighted by Crippen LogP contribution is 2.23. The molecule has 0 amide bonds. The molecule has 3 aromatic rings. The van der Waals surface area contributed by atoms with Crippen LogP contribution in [-0.4, -0.2) is 27.4 Å². The smallest absolute Gasteiger partial charge is 0.423 e. The van der Waals surface area contributed by atoms with Gasteiger partial charge in [-0.15, -0.1) is 10.2 Å². The van der Waals surface area contributed by atoms with Crippen molar-refractivity contribution in [2.45, 2.75) is 6.92 Å². The lowest BCUT2D eigenvalue weighted by Crippen LogP contribution is -2.29. The topological polar surface area (TPSA) is 79.4 Å². The van der Waals surface area contributed by atoms with E-state index in [0.29, 0.717) is 17.2 Å². The minimum atomic E-state index is -1.48. The van der Waals surface area contributed by atoms with Crippen molar-refractivity contribution >= 4 is 12.6 Å². The summed E-state index contributed by atoms with van der Waals surface area (Å²) in [7, 11) is -1.48. The van der Waals surface area contributed by atoms with E-state index in [0.717, 1.165) is 16.7 Å². The summed E-state index contributed by atoms with van der Waals surface area (Å²) < 4.78 is 5.66. The van der Waals surface area contributed by atoms with Crippen LogP contribution in [0.3, 0.4) is 0 Å². The second-order valence-corrected chi connectivity index (χ2v) is 4.78. The van der Waals surface area contributed by atoms with Crippen LogP contribution in [0.2, 0.25) is 0 Å². The Morgan fingerprint density at radius 1 is 0.905 bits per heavy atom. The van der Waals surface area contributed by atoms with Crippen LogP contribution in [0.15, 0.2) is 52.9 Å². The Morgan fingerprint density at radius 3 is 2.19 bits per heavy atom. The lowest BCUT2D eigenvalue weighted by atomic mass is 9.80. The maximum absolute atomic E-state index is 9.07. The van der Waals surface area contributed by atoms with Gasteiger partial charge in [0.05, 0.1) is 0 Å². The van der Waals surface area contributed by atoms with Crippen LogP contribution in [0.4, 0.5) is 0 Å². The monoisotopic (exact) mass is 280 g/mol. The summed E-state index contributed by atoms with van der Waals surface area (Å²) in [5.74, 6) is 0.852. The normalized spacial score (nSPS) is 10.6. The molecular formula is C15H13BN2O3. The molecule has 0 atom stereocenters. The van der Waals surface area contributed by atoms with Crippen molar-refractivity contribution in [1.29, 1.82) is 0 Å². The van der Waals surface area contributed by atoms with Gasteiger partial charge in [-0.25, -0.2) is 0 Å². The Balaban J connectivity index is 1.91. The summed E-state index contributed by atoms with van der Waals surface area (Å²) in [6, 6.07) is 14.5. The fourth-order valence-corrected chi connectivity index (χ4v) is 2.03. The van der Waals surface area contributed by atoms with Crippen LogP contribution >= 0.6 is 0 Å². The van der Waals surface area contributed by atoms with Gasteiger partial charge in [0.15, 0.2) is 0 Å². The molecule has 0 aliphatic heterocycles. The molecule has 3 rings (SSSR count). The van der Waals surface area contributed by atoms with Crippen LogP contribution in [0.25, 0.3) is 22.9 Å². The van der Waals surface area contributed by atoms with E-state index < -0.39 is 7.12 Å². The number of hydrogen-bond donors (Lipinski definition) is 2. The fraction of sp³-hybridized carbons (Fsp3) is 0.0667. The second-order valence-electron chi connectivity index (χ2n) is 4.78. The molecule has 2 aromatic carbocycles. The summed E-state index contributed by atoms with van der Waals surface area (Å²) in [6.45, 7) is 2.00. The Kier molecular flexibility index (Phi) is 3.56. The first kappa shape index (κ1) is 13.5. The molecule has 0 radical (unpaired) electrons. The van der Waals surface area contributed by atoms with Gasteiger partial charge in [0.1, 0.15) is 0 Å². The van der Waals surface area contributed by atoms with E-state index in [-0.39, 0.29) is 0 Å². The Bertz CT molecular complexity index is 754. The van der Waals surface area contributed by atoms with Gasteiger partial charge in [0.25, 0.3) is 0 Å². The maximum Gasteiger partial charge on any atom is 0.488 e. The summed E-state index contributed by atoms with van der Waals surface area (Å²) in [4.78, 5) is 0. The van der Waals surface area contributed by atoms with Crippen LogP contribution < -0.4 is 5.46 Å². The Morgan fingerprint density at radius 2 is 1.57 bits per heavy atom. The van der Waals surface area contributed by atoms with Crippen LogP contribution in [0.5, 0.6) is 0 Å². The van der Waals surface area contributed by atoms with Gasteiger partial charge in [-0.3, -0.25) is 0 Å². The Hall–Kier alpha value is -2.44. The van der Waals surface area contributed by atoms with Gasteiger partial charge < -0.3 is 14.5 Å². The second kappa shape index (κ2) is 5.51. The third-order valence-corrected chi connectivity index (χ3v) is 3.15. The summed E-state index contributed by atoms with van der Waals surface area (Å²) in [5, 5.41) is 26.2. The largest absolute Gasteiger partial charge is 0.488 e. The van der Waals surface area contributed by atoms with Gasteiger partial charge >= 0.3 is 7.12 Å². The quantitative estimate of drug-likeness (QED) is 0.709. The molecule has 1 heterocycles. The molecule has 104 valence electrons. The van der Waals surface area contributed by atoms with E-state index in [1.54, 1.807) is 24.3 Å². The molecule has 6 heteroatoms. The highest BCUT2D eigenvalue weighted by Gasteiger charge is 2.13. The van der Waals surface area contributed by atoms with Crippen molar-refractivity contribution in [3.8, 4) is 22.9 Å². The van der Waals surface area contributed by atoms with E-state index in [1.807, 2.05) is 31.2 Å². The molecule has 0 aliphatic rings. The minimum Gasteiger partial charge on any atom is -0.423 e. The molecule has 0 saturated carbocycles. The SMILES string of the molecule is Cc1cccc(-c2nnc(-c3ccc(B(O)O)cc3)o2)c1. The zero-order valence-corrected chi connectivity index (χ0v) is 11.4. The van der Waals surface area contributed by atoms with Crippen LogP contribution in [-0.2, 0) is 0 Å². The molecule has 21 heavy (non-hydrogen) atoms. The molecule has 0 unspecified atom stereocenters. The summed E-state index contributed by atoms with van der Waals surface area (Å²) in [6.07, 6.45) is 0. The zero-order chi connectivity index (χ0) is 14.8. The number of aryl methyl sites for hydroxylation is 1. The average molecular weight is 280 g/mol. The number of rotatable bonds is 3. The van der Waals surface area contributed by atoms with Crippen molar-refractivity contribution in [2.24, 2.45) is 0 Å². The summed E-state index contributed by atoms with van der Waals surface area (Å²) >= 11 is 0. The molecular weight excluding hydrogens is 267 g/mol. The van der Waals surface area contributed by atoms with Crippen molar-refractivity contribution in [3.05, 3.63) is 54.1 Å². The predicted molar refractivity (Wildman–Crippen MR) is 79.7 cm³/mol. The number of nitrogens with zero attached hydrogens (tertiary/aromatic N) is 2. The van der Waals surface area contributed by atoms with Crippen molar-refractivity contribution < 1.29 is 14.5 Å². The van der Waals surface area contributed by atoms with Gasteiger partial charge in [0.2, 0.25) is 11.8 Å². The predicted octanol–water partition coefficient (Wildman–Crippen LogP) is 1.39. The lowest BCUT2D eigenvalue weighted by Gasteiger charge is -1.99. The first-order chi connectivity index (χ1) is 10.1. The van der Waals surface area contributed by atoms with Gasteiger partial charge in [0, 0.05) is 11.1 Å². The van der Waals surface area contributed by atoms with E-state index in [2.05, 4.69) is 10.2 Å². The molecule has 0 aliphatic carbocycles. The minimum absolute atomic E-state index is 0.394. The zero-order valence-electron chi connectivity index (χ0n) is 11.4. The van der Waals surface area contributed by atoms with Crippen molar-refractivity contribution in [2.75, 3.05) is 0 Å². The van der Waals surface area contributed by atoms with Crippen molar-refractivity contribution in [3.63, 3.8) is 0 Å². The third kappa shape index (κ3) is 2.86. The summed E-state index contributed by atoms with van der Waals surface area (Å²) in [5.41, 5.74) is 3.13. The van der Waals surface area contributed by atoms with Crippen LogP contribution in [0, 0.1) is 6.92 Å². The van der Waals surface area contributed by atoms with Gasteiger partial charge in [-0.1, -0.05) is 29.8 Å². The average Bonchev–Trinajstić information content (AvgIpc) is 2.97. The van der Waals surface area contributed by atoms with Crippen molar-refractivity contribution in [1.82, 2.24) is 10.2 Å².